The third kappa shape index (κ3) is 3.64. The lowest BCUT2D eigenvalue weighted by atomic mass is 9.97. The van der Waals surface area contributed by atoms with Crippen LogP contribution in [-0.4, -0.2) is 24.5 Å². The van der Waals surface area contributed by atoms with E-state index in [-0.39, 0.29) is 10.4 Å². The minimum atomic E-state index is -3.67. The van der Waals surface area contributed by atoms with E-state index in [2.05, 4.69) is 4.98 Å². The molecule has 114 valence electrons. The topological polar surface area (TPSA) is 55.2 Å². The molecule has 0 bridgehead atoms. The second kappa shape index (κ2) is 5.52. The first kappa shape index (κ1) is 15.6. The molecule has 0 unspecified atom stereocenters. The number of aryl methyl sites for hydroxylation is 1. The molecule has 0 radical (unpaired) electrons. The molecular weight excluding hydrogens is 286 g/mol. The molecule has 0 saturated heterocycles. The van der Waals surface area contributed by atoms with Crippen LogP contribution in [0.3, 0.4) is 0 Å². The van der Waals surface area contributed by atoms with Gasteiger partial charge in [-0.2, -0.15) is 8.42 Å². The highest BCUT2D eigenvalue weighted by atomic mass is 32.2. The van der Waals surface area contributed by atoms with Crippen molar-refractivity contribution in [3.63, 3.8) is 0 Å². The van der Waals surface area contributed by atoms with Gasteiger partial charge in [-0.1, -0.05) is 39.0 Å². The van der Waals surface area contributed by atoms with Gasteiger partial charge < -0.3 is 4.57 Å². The molecule has 0 atom stereocenters. The predicted molar refractivity (Wildman–Crippen MR) is 83.6 cm³/mol. The van der Waals surface area contributed by atoms with Crippen molar-refractivity contribution in [3.05, 3.63) is 42.9 Å². The van der Waals surface area contributed by atoms with Crippen LogP contribution < -0.4 is 4.31 Å². The normalized spacial score (nSPS) is 12.4. The van der Waals surface area contributed by atoms with Gasteiger partial charge in [0.15, 0.2) is 5.03 Å². The van der Waals surface area contributed by atoms with E-state index < -0.39 is 10.0 Å². The number of sulfonamides is 1. The smallest absolute Gasteiger partial charge is 0.283 e. The van der Waals surface area contributed by atoms with Gasteiger partial charge in [0, 0.05) is 19.8 Å². The highest BCUT2D eigenvalue weighted by Gasteiger charge is 2.30. The van der Waals surface area contributed by atoms with Crippen LogP contribution in [0.15, 0.2) is 47.9 Å². The molecule has 21 heavy (non-hydrogen) atoms. The summed E-state index contributed by atoms with van der Waals surface area (Å²) in [6.45, 7) is 6.42. The zero-order valence-corrected chi connectivity index (χ0v) is 13.6. The number of aromatic nitrogens is 2. The summed E-state index contributed by atoms with van der Waals surface area (Å²) in [7, 11) is -1.91. The van der Waals surface area contributed by atoms with E-state index in [0.717, 1.165) is 0 Å². The average Bonchev–Trinajstić information content (AvgIpc) is 2.83. The molecule has 1 aromatic heterocycles. The molecule has 2 aromatic rings. The second-order valence-corrected chi connectivity index (χ2v) is 8.09. The summed E-state index contributed by atoms with van der Waals surface area (Å²) in [4.78, 5) is 4.00. The second-order valence-electron chi connectivity index (χ2n) is 6.29. The van der Waals surface area contributed by atoms with Crippen LogP contribution in [-0.2, 0) is 17.1 Å². The zero-order valence-electron chi connectivity index (χ0n) is 12.8. The summed E-state index contributed by atoms with van der Waals surface area (Å²) < 4.78 is 28.8. The van der Waals surface area contributed by atoms with Gasteiger partial charge in [0.05, 0.1) is 12.0 Å². The molecule has 1 aromatic carbocycles. The number of imidazole rings is 1. The van der Waals surface area contributed by atoms with E-state index in [1.807, 2.05) is 39.0 Å². The van der Waals surface area contributed by atoms with E-state index in [1.165, 1.54) is 16.8 Å². The Bertz CT molecular complexity index is 700. The lowest BCUT2D eigenvalue weighted by molar-refractivity contribution is 0.426. The summed E-state index contributed by atoms with van der Waals surface area (Å²) in [5, 5.41) is 0.0677. The predicted octanol–water partition coefficient (Wildman–Crippen LogP) is 2.66. The fraction of sp³-hybridized carbons (Fsp3) is 0.400. The SMILES string of the molecule is Cn1cnc(S(=O)(=O)N(CC(C)(C)C)c2ccccc2)c1. The van der Waals surface area contributed by atoms with Gasteiger partial charge in [0.25, 0.3) is 10.0 Å². The Labute approximate surface area is 126 Å². The first-order valence-corrected chi connectivity index (χ1v) is 8.20. The number of benzene rings is 1. The summed E-state index contributed by atoms with van der Waals surface area (Å²) in [5.41, 5.74) is 0.482. The van der Waals surface area contributed by atoms with Gasteiger partial charge in [-0.3, -0.25) is 4.31 Å². The van der Waals surface area contributed by atoms with Crippen molar-refractivity contribution in [2.75, 3.05) is 10.8 Å². The number of rotatable bonds is 4. The van der Waals surface area contributed by atoms with E-state index in [1.54, 1.807) is 23.7 Å². The van der Waals surface area contributed by atoms with Crippen molar-refractivity contribution in [2.24, 2.45) is 12.5 Å². The molecule has 1 heterocycles. The van der Waals surface area contributed by atoms with Crippen LogP contribution in [0, 0.1) is 5.41 Å². The maximum atomic E-state index is 12.9. The van der Waals surface area contributed by atoms with Crippen molar-refractivity contribution in [3.8, 4) is 0 Å². The monoisotopic (exact) mass is 307 g/mol. The van der Waals surface area contributed by atoms with Crippen molar-refractivity contribution in [2.45, 2.75) is 25.8 Å². The molecule has 0 aliphatic rings. The molecule has 0 spiro atoms. The molecular formula is C15H21N3O2S. The largest absolute Gasteiger partial charge is 0.339 e. The van der Waals surface area contributed by atoms with Crippen LogP contribution in [0.25, 0.3) is 0 Å². The molecule has 0 saturated carbocycles. The highest BCUT2D eigenvalue weighted by Crippen LogP contribution is 2.27. The fourth-order valence-electron chi connectivity index (χ4n) is 1.98. The summed E-state index contributed by atoms with van der Waals surface area (Å²) in [6.07, 6.45) is 3.01. The van der Waals surface area contributed by atoms with Crippen LogP contribution in [0.1, 0.15) is 20.8 Å². The summed E-state index contributed by atoms with van der Waals surface area (Å²) >= 11 is 0. The number of hydrogen-bond donors (Lipinski definition) is 0. The van der Waals surface area contributed by atoms with Gasteiger partial charge in [-0.25, -0.2) is 4.98 Å². The van der Waals surface area contributed by atoms with Gasteiger partial charge in [-0.15, -0.1) is 0 Å². The molecule has 6 heteroatoms. The maximum absolute atomic E-state index is 12.9. The molecule has 0 N–H and O–H groups in total. The first-order valence-electron chi connectivity index (χ1n) is 6.76. The van der Waals surface area contributed by atoms with Crippen molar-refractivity contribution < 1.29 is 8.42 Å². The van der Waals surface area contributed by atoms with E-state index in [0.29, 0.717) is 12.2 Å². The van der Waals surface area contributed by atoms with Crippen LogP contribution in [0.5, 0.6) is 0 Å². The van der Waals surface area contributed by atoms with Crippen molar-refractivity contribution in [1.82, 2.24) is 9.55 Å². The highest BCUT2D eigenvalue weighted by molar-refractivity contribution is 7.92. The Kier molecular flexibility index (Phi) is 4.09. The van der Waals surface area contributed by atoms with Gasteiger partial charge in [0.1, 0.15) is 0 Å². The van der Waals surface area contributed by atoms with E-state index in [4.69, 9.17) is 0 Å². The molecule has 0 aliphatic carbocycles. The number of para-hydroxylation sites is 1. The standard InChI is InChI=1S/C15H21N3O2S/c1-15(2,3)11-18(13-8-6-5-7-9-13)21(19,20)14-10-17(4)12-16-14/h5-10,12H,11H2,1-4H3. The molecule has 0 fully saturated rings. The average molecular weight is 307 g/mol. The third-order valence-corrected chi connectivity index (χ3v) is 4.56. The Morgan fingerprint density at radius 1 is 1.19 bits per heavy atom. The lowest BCUT2D eigenvalue weighted by Crippen LogP contribution is -2.38. The van der Waals surface area contributed by atoms with Gasteiger partial charge >= 0.3 is 0 Å². The van der Waals surface area contributed by atoms with Crippen LogP contribution in [0.4, 0.5) is 5.69 Å². The number of nitrogens with zero attached hydrogens (tertiary/aromatic N) is 3. The molecule has 0 amide bonds. The minimum absolute atomic E-state index is 0.0677. The summed E-state index contributed by atoms with van der Waals surface area (Å²) in [6, 6.07) is 9.13. The molecule has 2 rings (SSSR count). The van der Waals surface area contributed by atoms with Gasteiger partial charge in [0.2, 0.25) is 0 Å². The first-order chi connectivity index (χ1) is 9.70. The molecule has 5 nitrogen and oxygen atoms in total. The summed E-state index contributed by atoms with van der Waals surface area (Å²) in [5.74, 6) is 0. The minimum Gasteiger partial charge on any atom is -0.339 e. The Morgan fingerprint density at radius 3 is 2.29 bits per heavy atom. The van der Waals surface area contributed by atoms with Crippen LogP contribution >= 0.6 is 0 Å². The Morgan fingerprint density at radius 2 is 1.81 bits per heavy atom. The molecule has 0 aliphatic heterocycles. The van der Waals surface area contributed by atoms with E-state index in [9.17, 15) is 8.42 Å². The Hall–Kier alpha value is -1.82. The van der Waals surface area contributed by atoms with Crippen molar-refractivity contribution in [1.29, 1.82) is 0 Å². The number of hydrogen-bond acceptors (Lipinski definition) is 3. The zero-order chi connectivity index (χ0) is 15.7. The fourth-order valence-corrected chi connectivity index (χ4v) is 3.64. The maximum Gasteiger partial charge on any atom is 0.283 e. The van der Waals surface area contributed by atoms with E-state index >= 15 is 0 Å². The number of anilines is 1. The third-order valence-electron chi connectivity index (χ3n) is 2.90. The van der Waals surface area contributed by atoms with Gasteiger partial charge in [-0.05, 0) is 17.5 Å². The quantitative estimate of drug-likeness (QED) is 0.872. The lowest BCUT2D eigenvalue weighted by Gasteiger charge is -2.30. The van der Waals surface area contributed by atoms with Crippen LogP contribution in [0.2, 0.25) is 0 Å². The Balaban J connectivity index is 2.49. The van der Waals surface area contributed by atoms with Crippen molar-refractivity contribution >= 4 is 15.7 Å².